The lowest BCUT2D eigenvalue weighted by Gasteiger charge is -2.09. The van der Waals surface area contributed by atoms with Crippen molar-refractivity contribution in [1.29, 1.82) is 0 Å². The van der Waals surface area contributed by atoms with Crippen molar-refractivity contribution in [3.63, 3.8) is 0 Å². The second-order valence-corrected chi connectivity index (χ2v) is 4.43. The predicted molar refractivity (Wildman–Crippen MR) is 73.4 cm³/mol. The van der Waals surface area contributed by atoms with Gasteiger partial charge in [-0.25, -0.2) is 4.98 Å². The molecule has 0 amide bonds. The first kappa shape index (κ1) is 13.6. The molecule has 0 saturated carbocycles. The van der Waals surface area contributed by atoms with Crippen LogP contribution in [0, 0.1) is 6.92 Å². The third-order valence-electron chi connectivity index (χ3n) is 2.41. The van der Waals surface area contributed by atoms with E-state index in [-0.39, 0.29) is 6.61 Å². The molecule has 0 unspecified atom stereocenters. The number of nitrogens with zero attached hydrogens (tertiary/aromatic N) is 2. The Labute approximate surface area is 116 Å². The van der Waals surface area contributed by atoms with Crippen LogP contribution in [-0.4, -0.2) is 17.1 Å². The highest BCUT2D eigenvalue weighted by Gasteiger charge is 2.07. The number of benzene rings is 1. The Balaban J connectivity index is 2.29. The quantitative estimate of drug-likeness (QED) is 0.932. The van der Waals surface area contributed by atoms with E-state index >= 15 is 0 Å². The third-order valence-corrected chi connectivity index (χ3v) is 2.64. The van der Waals surface area contributed by atoms with Crippen LogP contribution < -0.4 is 10.5 Å². The van der Waals surface area contributed by atoms with Crippen LogP contribution in [0.15, 0.2) is 24.3 Å². The lowest BCUT2D eigenvalue weighted by molar-refractivity contribution is 0.177. The minimum absolute atomic E-state index is 0.274. The van der Waals surface area contributed by atoms with E-state index in [0.29, 0.717) is 28.3 Å². The van der Waals surface area contributed by atoms with Gasteiger partial charge in [0, 0.05) is 18.2 Å². The number of aromatic nitrogens is 2. The van der Waals surface area contributed by atoms with E-state index in [4.69, 9.17) is 26.8 Å². The van der Waals surface area contributed by atoms with Gasteiger partial charge in [0.25, 0.3) is 0 Å². The molecule has 0 atom stereocenters. The fraction of sp³-hybridized carbons (Fsp3) is 0.231. The van der Waals surface area contributed by atoms with Crippen LogP contribution in [0.3, 0.4) is 0 Å². The summed E-state index contributed by atoms with van der Waals surface area (Å²) >= 11 is 5.94. The summed E-state index contributed by atoms with van der Waals surface area (Å²) in [5.74, 6) is 1.80. The smallest absolute Gasteiger partial charge is 0.224 e. The Morgan fingerprint density at radius 3 is 2.79 bits per heavy atom. The van der Waals surface area contributed by atoms with Crippen molar-refractivity contribution in [3.8, 4) is 11.6 Å². The van der Waals surface area contributed by atoms with Crippen molar-refractivity contribution in [2.24, 2.45) is 0 Å². The lowest BCUT2D eigenvalue weighted by atomic mass is 10.2. The Hall–Kier alpha value is -1.85. The molecule has 100 valence electrons. The number of hydrogen-bond acceptors (Lipinski definition) is 5. The number of aryl methyl sites for hydroxylation is 1. The SMILES string of the molecule is COCc1nc(N)cc(Oc2cc(Cl)ccc2C)n1. The van der Waals surface area contributed by atoms with Gasteiger partial charge in [-0.15, -0.1) is 0 Å². The maximum absolute atomic E-state index is 5.94. The van der Waals surface area contributed by atoms with Gasteiger partial charge in [0.05, 0.1) is 0 Å². The zero-order valence-corrected chi connectivity index (χ0v) is 11.4. The number of nitrogen functional groups attached to an aromatic ring is 1. The highest BCUT2D eigenvalue weighted by molar-refractivity contribution is 6.30. The normalized spacial score (nSPS) is 10.5. The van der Waals surface area contributed by atoms with E-state index in [1.807, 2.05) is 13.0 Å². The van der Waals surface area contributed by atoms with Crippen LogP contribution in [0.25, 0.3) is 0 Å². The first-order valence-corrected chi connectivity index (χ1v) is 6.02. The van der Waals surface area contributed by atoms with Crippen molar-refractivity contribution in [2.45, 2.75) is 13.5 Å². The molecule has 1 heterocycles. The Morgan fingerprint density at radius 2 is 2.05 bits per heavy atom. The molecule has 0 aliphatic carbocycles. The van der Waals surface area contributed by atoms with Crippen LogP contribution in [0.1, 0.15) is 11.4 Å². The molecular formula is C13H14ClN3O2. The number of nitrogens with two attached hydrogens (primary N) is 1. The number of methoxy groups -OCH3 is 1. The molecule has 0 saturated heterocycles. The fourth-order valence-corrected chi connectivity index (χ4v) is 1.70. The van der Waals surface area contributed by atoms with Gasteiger partial charge in [0.15, 0.2) is 5.82 Å². The van der Waals surface area contributed by atoms with Crippen molar-refractivity contribution in [1.82, 2.24) is 9.97 Å². The second kappa shape index (κ2) is 5.86. The van der Waals surface area contributed by atoms with E-state index in [2.05, 4.69) is 9.97 Å². The molecule has 1 aromatic carbocycles. The minimum Gasteiger partial charge on any atom is -0.439 e. The molecular weight excluding hydrogens is 266 g/mol. The Bertz CT molecular complexity index is 590. The van der Waals surface area contributed by atoms with Gasteiger partial charge in [-0.1, -0.05) is 17.7 Å². The van der Waals surface area contributed by atoms with Gasteiger partial charge in [0.2, 0.25) is 5.88 Å². The number of halogens is 1. The summed E-state index contributed by atoms with van der Waals surface area (Å²) in [6.07, 6.45) is 0. The molecule has 0 bridgehead atoms. The summed E-state index contributed by atoms with van der Waals surface area (Å²) in [6.45, 7) is 2.20. The molecule has 5 nitrogen and oxygen atoms in total. The number of hydrogen-bond donors (Lipinski definition) is 1. The monoisotopic (exact) mass is 279 g/mol. The van der Waals surface area contributed by atoms with E-state index in [1.54, 1.807) is 25.3 Å². The van der Waals surface area contributed by atoms with Gasteiger partial charge in [0.1, 0.15) is 18.2 Å². The average molecular weight is 280 g/mol. The molecule has 19 heavy (non-hydrogen) atoms. The van der Waals surface area contributed by atoms with Gasteiger partial charge in [-0.05, 0) is 24.6 Å². The van der Waals surface area contributed by atoms with Gasteiger partial charge < -0.3 is 15.2 Å². The number of rotatable bonds is 4. The molecule has 0 radical (unpaired) electrons. The topological polar surface area (TPSA) is 70.3 Å². The van der Waals surface area contributed by atoms with E-state index in [1.165, 1.54) is 0 Å². The fourth-order valence-electron chi connectivity index (χ4n) is 1.53. The number of anilines is 1. The van der Waals surface area contributed by atoms with E-state index in [9.17, 15) is 0 Å². The molecule has 0 aliphatic heterocycles. The zero-order chi connectivity index (χ0) is 13.8. The van der Waals surface area contributed by atoms with Crippen LogP contribution in [0.5, 0.6) is 11.6 Å². The average Bonchev–Trinajstić information content (AvgIpc) is 2.33. The highest BCUT2D eigenvalue weighted by atomic mass is 35.5. The summed E-state index contributed by atoms with van der Waals surface area (Å²) in [5, 5.41) is 0.597. The minimum atomic E-state index is 0.274. The summed E-state index contributed by atoms with van der Waals surface area (Å²) in [5.41, 5.74) is 6.65. The predicted octanol–water partition coefficient (Wildman–Crippen LogP) is 2.96. The van der Waals surface area contributed by atoms with Crippen molar-refractivity contribution >= 4 is 17.4 Å². The third kappa shape index (κ3) is 3.56. The Kier molecular flexibility index (Phi) is 4.19. The standard InChI is InChI=1S/C13H14ClN3O2/c1-8-3-4-9(14)5-10(8)19-13-6-11(15)16-12(17-13)7-18-2/h3-6H,7H2,1-2H3,(H2,15,16,17). The molecule has 0 spiro atoms. The number of ether oxygens (including phenoxy) is 2. The molecule has 1 aromatic heterocycles. The molecule has 2 N–H and O–H groups in total. The maximum atomic E-state index is 5.94. The molecule has 2 rings (SSSR count). The largest absolute Gasteiger partial charge is 0.439 e. The zero-order valence-electron chi connectivity index (χ0n) is 10.7. The van der Waals surface area contributed by atoms with Crippen molar-refractivity contribution < 1.29 is 9.47 Å². The van der Waals surface area contributed by atoms with E-state index in [0.717, 1.165) is 5.56 Å². The summed E-state index contributed by atoms with van der Waals surface area (Å²) in [6, 6.07) is 6.96. The van der Waals surface area contributed by atoms with Crippen molar-refractivity contribution in [2.75, 3.05) is 12.8 Å². The van der Waals surface area contributed by atoms with Crippen LogP contribution >= 0.6 is 11.6 Å². The first-order chi connectivity index (χ1) is 9.08. The maximum Gasteiger partial charge on any atom is 0.224 e. The molecule has 0 fully saturated rings. The highest BCUT2D eigenvalue weighted by Crippen LogP contribution is 2.27. The lowest BCUT2D eigenvalue weighted by Crippen LogP contribution is -2.02. The summed E-state index contributed by atoms with van der Waals surface area (Å²) in [7, 11) is 1.56. The van der Waals surface area contributed by atoms with Gasteiger partial charge in [-0.2, -0.15) is 4.98 Å². The van der Waals surface area contributed by atoms with Crippen LogP contribution in [-0.2, 0) is 11.3 Å². The van der Waals surface area contributed by atoms with Gasteiger partial charge in [-0.3, -0.25) is 0 Å². The summed E-state index contributed by atoms with van der Waals surface area (Å²) < 4.78 is 10.7. The molecule has 2 aromatic rings. The molecule has 6 heteroatoms. The van der Waals surface area contributed by atoms with Crippen molar-refractivity contribution in [3.05, 3.63) is 40.7 Å². The second-order valence-electron chi connectivity index (χ2n) is 3.99. The van der Waals surface area contributed by atoms with Crippen LogP contribution in [0.4, 0.5) is 5.82 Å². The first-order valence-electron chi connectivity index (χ1n) is 5.65. The van der Waals surface area contributed by atoms with Gasteiger partial charge >= 0.3 is 0 Å². The Morgan fingerprint density at radius 1 is 1.26 bits per heavy atom. The molecule has 0 aliphatic rings. The van der Waals surface area contributed by atoms with Crippen LogP contribution in [0.2, 0.25) is 5.02 Å². The van der Waals surface area contributed by atoms with E-state index < -0.39 is 0 Å². The summed E-state index contributed by atoms with van der Waals surface area (Å²) in [4.78, 5) is 8.25.